The van der Waals surface area contributed by atoms with Crippen molar-refractivity contribution >= 4 is 34.7 Å². The van der Waals surface area contributed by atoms with Crippen molar-refractivity contribution in [3.8, 4) is 0 Å². The highest BCUT2D eigenvalue weighted by atomic mass is 35.5. The molecule has 4 nitrogen and oxygen atoms in total. The Morgan fingerprint density at radius 2 is 2.16 bits per heavy atom. The molecule has 0 aliphatic carbocycles. The fraction of sp³-hybridized carbons (Fsp3) is 0.143. The van der Waals surface area contributed by atoms with E-state index in [1.807, 2.05) is 0 Å². The lowest BCUT2D eigenvalue weighted by molar-refractivity contribution is -0.134. The number of fused-ring (bicyclic) bond motifs is 1. The summed E-state index contributed by atoms with van der Waals surface area (Å²) < 4.78 is 4.48. The largest absolute Gasteiger partial charge is 0.466 e. The van der Waals surface area contributed by atoms with Crippen LogP contribution in [0.25, 0.3) is 5.57 Å². The molecule has 0 aromatic heterocycles. The van der Waals surface area contributed by atoms with Gasteiger partial charge in [-0.2, -0.15) is 0 Å². The lowest BCUT2D eigenvalue weighted by Gasteiger charge is -2.08. The van der Waals surface area contributed by atoms with Crippen molar-refractivity contribution in [2.75, 3.05) is 19.1 Å². The predicted octanol–water partition coefficient (Wildman–Crippen LogP) is 2.43. The van der Waals surface area contributed by atoms with Crippen LogP contribution in [0.1, 0.15) is 5.56 Å². The summed E-state index contributed by atoms with van der Waals surface area (Å²) in [4.78, 5) is 24.6. The normalized spacial score (nSPS) is 16.3. The van der Waals surface area contributed by atoms with Crippen molar-refractivity contribution in [3.63, 3.8) is 0 Å². The monoisotopic (exact) mass is 277 g/mol. The van der Waals surface area contributed by atoms with Gasteiger partial charge in [0, 0.05) is 29.3 Å². The second-order valence-electron chi connectivity index (χ2n) is 3.99. The van der Waals surface area contributed by atoms with E-state index in [0.717, 1.165) is 11.3 Å². The summed E-state index contributed by atoms with van der Waals surface area (Å²) in [5, 5.41) is 0.560. The van der Waals surface area contributed by atoms with Gasteiger partial charge in [-0.1, -0.05) is 17.7 Å². The van der Waals surface area contributed by atoms with Crippen LogP contribution < -0.4 is 4.90 Å². The minimum atomic E-state index is -0.470. The molecule has 19 heavy (non-hydrogen) atoms. The fourth-order valence-electron chi connectivity index (χ4n) is 1.87. The first-order valence-electron chi connectivity index (χ1n) is 5.59. The zero-order valence-electron chi connectivity index (χ0n) is 10.5. The highest BCUT2D eigenvalue weighted by Crippen LogP contribution is 2.37. The van der Waals surface area contributed by atoms with E-state index in [1.54, 1.807) is 36.2 Å². The third-order valence-corrected chi connectivity index (χ3v) is 3.08. The van der Waals surface area contributed by atoms with E-state index in [-0.39, 0.29) is 5.91 Å². The van der Waals surface area contributed by atoms with E-state index in [9.17, 15) is 9.59 Å². The number of halogens is 1. The molecule has 1 aliphatic heterocycles. The topological polar surface area (TPSA) is 46.6 Å². The van der Waals surface area contributed by atoms with E-state index in [1.165, 1.54) is 19.3 Å². The highest BCUT2D eigenvalue weighted by Gasteiger charge is 2.29. The van der Waals surface area contributed by atoms with E-state index in [0.29, 0.717) is 10.6 Å². The number of rotatable bonds is 2. The van der Waals surface area contributed by atoms with Crippen LogP contribution in [-0.4, -0.2) is 26.0 Å². The first-order chi connectivity index (χ1) is 9.04. The van der Waals surface area contributed by atoms with Gasteiger partial charge < -0.3 is 9.64 Å². The molecule has 1 heterocycles. The minimum Gasteiger partial charge on any atom is -0.466 e. The number of nitrogens with zero attached hydrogens (tertiary/aromatic N) is 1. The molecule has 1 aliphatic rings. The van der Waals surface area contributed by atoms with Crippen molar-refractivity contribution in [1.82, 2.24) is 0 Å². The Hall–Kier alpha value is -2.07. The van der Waals surface area contributed by atoms with Gasteiger partial charge in [-0.3, -0.25) is 4.79 Å². The van der Waals surface area contributed by atoms with Crippen molar-refractivity contribution in [1.29, 1.82) is 0 Å². The molecule has 98 valence electrons. The lowest BCUT2D eigenvalue weighted by atomic mass is 10.1. The van der Waals surface area contributed by atoms with Gasteiger partial charge in [0.05, 0.1) is 12.8 Å². The fourth-order valence-corrected chi connectivity index (χ4v) is 2.05. The number of likely N-dealkylation sites (N-methyl/N-ethyl adjacent to an activating group) is 1. The molecule has 0 unspecified atom stereocenters. The zero-order chi connectivity index (χ0) is 14.0. The van der Waals surface area contributed by atoms with Crippen LogP contribution in [0.15, 0.2) is 36.4 Å². The Bertz CT molecular complexity index is 605. The average molecular weight is 278 g/mol. The number of methoxy groups -OCH3 is 1. The minimum absolute atomic E-state index is 0.133. The van der Waals surface area contributed by atoms with Gasteiger partial charge in [0.15, 0.2) is 0 Å². The highest BCUT2D eigenvalue weighted by molar-refractivity contribution is 6.35. The van der Waals surface area contributed by atoms with E-state index >= 15 is 0 Å². The third kappa shape index (κ3) is 2.53. The number of carbonyl (C=O) groups is 2. The first kappa shape index (κ1) is 13.4. The van der Waals surface area contributed by atoms with Crippen LogP contribution in [-0.2, 0) is 14.3 Å². The summed E-state index contributed by atoms with van der Waals surface area (Å²) in [6, 6.07) is 5.26. The summed E-state index contributed by atoms with van der Waals surface area (Å²) in [7, 11) is 2.99. The van der Waals surface area contributed by atoms with Crippen LogP contribution in [0.3, 0.4) is 0 Å². The van der Waals surface area contributed by atoms with Crippen LogP contribution in [0, 0.1) is 0 Å². The number of allylic oxidation sites excluding steroid dienone is 2. The SMILES string of the molecule is COC(=O)/C=C/C=C1\C(=O)N(C)c2ccc(Cl)cc21. The van der Waals surface area contributed by atoms with E-state index < -0.39 is 5.97 Å². The number of anilines is 1. The summed E-state index contributed by atoms with van der Waals surface area (Å²) in [5.41, 5.74) is 2.06. The zero-order valence-corrected chi connectivity index (χ0v) is 11.3. The maximum absolute atomic E-state index is 12.1. The average Bonchev–Trinajstić information content (AvgIpc) is 2.63. The van der Waals surface area contributed by atoms with Gasteiger partial charge in [-0.05, 0) is 24.3 Å². The van der Waals surface area contributed by atoms with Crippen LogP contribution in [0.2, 0.25) is 5.02 Å². The first-order valence-corrected chi connectivity index (χ1v) is 5.96. The summed E-state index contributed by atoms with van der Waals surface area (Å²) in [6.45, 7) is 0. The number of hydrogen-bond acceptors (Lipinski definition) is 3. The molecule has 1 aromatic rings. The van der Waals surface area contributed by atoms with Crippen molar-refractivity contribution in [2.24, 2.45) is 0 Å². The van der Waals surface area contributed by atoms with Crippen LogP contribution >= 0.6 is 11.6 Å². The molecule has 1 amide bonds. The van der Waals surface area contributed by atoms with Gasteiger partial charge in [-0.15, -0.1) is 0 Å². The standard InChI is InChI=1S/C14H12ClNO3/c1-16-12-7-6-9(15)8-11(12)10(14(16)18)4-3-5-13(17)19-2/h3-8H,1-2H3/b5-3+,10-4-. The Morgan fingerprint density at radius 1 is 1.42 bits per heavy atom. The summed E-state index contributed by atoms with van der Waals surface area (Å²) in [6.07, 6.45) is 4.32. The van der Waals surface area contributed by atoms with Gasteiger partial charge in [0.25, 0.3) is 5.91 Å². The Labute approximate surface area is 115 Å². The molecule has 0 N–H and O–H groups in total. The van der Waals surface area contributed by atoms with Crippen molar-refractivity contribution in [2.45, 2.75) is 0 Å². The molecule has 0 saturated carbocycles. The quantitative estimate of drug-likeness (QED) is 0.616. The Kier molecular flexibility index (Phi) is 3.71. The van der Waals surface area contributed by atoms with Gasteiger partial charge in [0.1, 0.15) is 0 Å². The molecule has 0 spiro atoms. The molecule has 0 saturated heterocycles. The molecule has 2 rings (SSSR count). The number of hydrogen-bond donors (Lipinski definition) is 0. The number of ether oxygens (including phenoxy) is 1. The number of amides is 1. The Balaban J connectivity index is 2.40. The number of esters is 1. The van der Waals surface area contributed by atoms with Gasteiger partial charge in [-0.25, -0.2) is 4.79 Å². The third-order valence-electron chi connectivity index (χ3n) is 2.84. The lowest BCUT2D eigenvalue weighted by Crippen LogP contribution is -2.20. The molecule has 0 atom stereocenters. The molecular formula is C14H12ClNO3. The van der Waals surface area contributed by atoms with Crippen molar-refractivity contribution < 1.29 is 14.3 Å². The molecule has 0 bridgehead atoms. The second-order valence-corrected chi connectivity index (χ2v) is 4.42. The van der Waals surface area contributed by atoms with Gasteiger partial charge >= 0.3 is 5.97 Å². The maximum Gasteiger partial charge on any atom is 0.330 e. The number of carbonyl (C=O) groups excluding carboxylic acids is 2. The number of benzene rings is 1. The maximum atomic E-state index is 12.1. The molecule has 5 heteroatoms. The second kappa shape index (κ2) is 5.28. The molecule has 0 radical (unpaired) electrons. The Morgan fingerprint density at radius 3 is 2.84 bits per heavy atom. The van der Waals surface area contributed by atoms with Crippen LogP contribution in [0.5, 0.6) is 0 Å². The molecule has 1 aromatic carbocycles. The van der Waals surface area contributed by atoms with E-state index in [2.05, 4.69) is 4.74 Å². The van der Waals surface area contributed by atoms with E-state index in [4.69, 9.17) is 11.6 Å². The summed E-state index contributed by atoms with van der Waals surface area (Å²) in [5.74, 6) is -0.603. The predicted molar refractivity (Wildman–Crippen MR) is 74.0 cm³/mol. The summed E-state index contributed by atoms with van der Waals surface area (Å²) >= 11 is 5.94. The van der Waals surface area contributed by atoms with Gasteiger partial charge in [0.2, 0.25) is 0 Å². The van der Waals surface area contributed by atoms with Crippen LogP contribution in [0.4, 0.5) is 5.69 Å². The molecular weight excluding hydrogens is 266 g/mol. The van der Waals surface area contributed by atoms with Crippen molar-refractivity contribution in [3.05, 3.63) is 47.0 Å². The smallest absolute Gasteiger partial charge is 0.330 e. The molecule has 0 fully saturated rings.